The molecule has 4 N–H and O–H groups in total. The third kappa shape index (κ3) is 2.77. The van der Waals surface area contributed by atoms with Crippen molar-refractivity contribution in [2.75, 3.05) is 11.1 Å². The second-order valence-electron chi connectivity index (χ2n) is 4.57. The summed E-state index contributed by atoms with van der Waals surface area (Å²) in [4.78, 5) is 17.1. The largest absolute Gasteiger partial charge is 0.506 e. The first-order valence-electron chi connectivity index (χ1n) is 6.56. The van der Waals surface area contributed by atoms with Crippen LogP contribution in [0.5, 0.6) is 5.75 Å². The number of aromatic hydroxyl groups is 1. The van der Waals surface area contributed by atoms with E-state index in [1.807, 2.05) is 30.3 Å². The fourth-order valence-corrected chi connectivity index (χ4v) is 2.79. The fourth-order valence-electron chi connectivity index (χ4n) is 2.04. The molecule has 0 unspecified atom stereocenters. The van der Waals surface area contributed by atoms with Gasteiger partial charge < -0.3 is 16.2 Å². The van der Waals surface area contributed by atoms with Crippen LogP contribution in [-0.4, -0.2) is 16.0 Å². The van der Waals surface area contributed by atoms with E-state index in [0.717, 1.165) is 16.9 Å². The van der Waals surface area contributed by atoms with Crippen molar-refractivity contribution in [3.05, 3.63) is 59.5 Å². The predicted molar refractivity (Wildman–Crippen MR) is 88.0 cm³/mol. The molecule has 0 aliphatic heterocycles. The number of para-hydroxylation sites is 2. The van der Waals surface area contributed by atoms with E-state index in [-0.39, 0.29) is 11.7 Å². The highest BCUT2D eigenvalue weighted by Gasteiger charge is 2.19. The van der Waals surface area contributed by atoms with E-state index in [0.29, 0.717) is 21.4 Å². The zero-order chi connectivity index (χ0) is 15.5. The van der Waals surface area contributed by atoms with Crippen molar-refractivity contribution >= 4 is 28.1 Å². The lowest BCUT2D eigenvalue weighted by molar-refractivity contribution is 0.103. The van der Waals surface area contributed by atoms with Gasteiger partial charge in [0.15, 0.2) is 5.13 Å². The van der Waals surface area contributed by atoms with Crippen molar-refractivity contribution < 1.29 is 9.90 Å². The van der Waals surface area contributed by atoms with Crippen molar-refractivity contribution in [3.63, 3.8) is 0 Å². The molecule has 0 aliphatic rings. The Kier molecular flexibility index (Phi) is 3.76. The van der Waals surface area contributed by atoms with E-state index in [9.17, 15) is 9.90 Å². The number of nitrogen functional groups attached to an aromatic ring is 1. The minimum absolute atomic E-state index is 0.00889. The lowest BCUT2D eigenvalue weighted by Gasteiger charge is -2.06. The molecule has 1 amide bonds. The molecule has 1 heterocycles. The first-order chi connectivity index (χ1) is 10.6. The highest BCUT2D eigenvalue weighted by Crippen LogP contribution is 2.31. The van der Waals surface area contributed by atoms with Crippen LogP contribution in [0, 0.1) is 0 Å². The van der Waals surface area contributed by atoms with Crippen molar-refractivity contribution in [3.8, 4) is 17.0 Å². The van der Waals surface area contributed by atoms with Gasteiger partial charge in [-0.2, -0.15) is 0 Å². The molecule has 0 saturated heterocycles. The van der Waals surface area contributed by atoms with Gasteiger partial charge in [0.1, 0.15) is 10.6 Å². The van der Waals surface area contributed by atoms with Gasteiger partial charge >= 0.3 is 0 Å². The number of nitrogens with zero attached hydrogens (tertiary/aromatic N) is 1. The van der Waals surface area contributed by atoms with Crippen molar-refractivity contribution in [2.24, 2.45) is 0 Å². The SMILES string of the molecule is Nc1nc(-c2ccccc2)c(C(=O)Nc2ccccc2O)s1. The van der Waals surface area contributed by atoms with Crippen LogP contribution in [0.25, 0.3) is 11.3 Å². The van der Waals surface area contributed by atoms with Gasteiger partial charge in [0.05, 0.1) is 11.4 Å². The number of hydrogen-bond acceptors (Lipinski definition) is 5. The van der Waals surface area contributed by atoms with E-state index < -0.39 is 0 Å². The number of carbonyl (C=O) groups excluding carboxylic acids is 1. The minimum Gasteiger partial charge on any atom is -0.506 e. The Bertz CT molecular complexity index is 815. The second-order valence-corrected chi connectivity index (χ2v) is 5.60. The topological polar surface area (TPSA) is 88.2 Å². The molecule has 3 aromatic rings. The smallest absolute Gasteiger partial charge is 0.268 e. The molecule has 0 radical (unpaired) electrons. The number of thiazole rings is 1. The first-order valence-corrected chi connectivity index (χ1v) is 7.38. The number of aromatic nitrogens is 1. The van der Waals surface area contributed by atoms with Gasteiger partial charge in [-0.1, -0.05) is 53.8 Å². The molecule has 0 spiro atoms. The number of carbonyl (C=O) groups is 1. The zero-order valence-corrected chi connectivity index (χ0v) is 12.3. The third-order valence-corrected chi connectivity index (χ3v) is 3.93. The van der Waals surface area contributed by atoms with Gasteiger partial charge in [-0.25, -0.2) is 4.98 Å². The highest BCUT2D eigenvalue weighted by molar-refractivity contribution is 7.17. The standard InChI is InChI=1S/C16H13N3O2S/c17-16-19-13(10-6-2-1-3-7-10)14(22-16)15(21)18-11-8-4-5-9-12(11)20/h1-9,20H,(H2,17,19)(H,18,21). The number of nitrogens with one attached hydrogen (secondary N) is 1. The molecule has 3 rings (SSSR count). The molecule has 1 aromatic heterocycles. The minimum atomic E-state index is -0.352. The summed E-state index contributed by atoms with van der Waals surface area (Å²) in [6.07, 6.45) is 0. The quantitative estimate of drug-likeness (QED) is 0.647. The number of phenols is 1. The Morgan fingerprint density at radius 2 is 1.77 bits per heavy atom. The predicted octanol–water partition coefficient (Wildman–Crippen LogP) is 3.35. The fraction of sp³-hybridized carbons (Fsp3) is 0. The van der Waals surface area contributed by atoms with Gasteiger partial charge in [-0.3, -0.25) is 4.79 Å². The molecule has 0 fully saturated rings. The summed E-state index contributed by atoms with van der Waals surface area (Å²) in [6.45, 7) is 0. The zero-order valence-electron chi connectivity index (χ0n) is 11.5. The van der Waals surface area contributed by atoms with Crippen LogP contribution in [0.4, 0.5) is 10.8 Å². The summed E-state index contributed by atoms with van der Waals surface area (Å²) >= 11 is 1.12. The Hall–Kier alpha value is -2.86. The molecule has 2 aromatic carbocycles. The van der Waals surface area contributed by atoms with Crippen molar-refractivity contribution in [2.45, 2.75) is 0 Å². The Morgan fingerprint density at radius 1 is 1.09 bits per heavy atom. The van der Waals surface area contributed by atoms with Gasteiger partial charge in [-0.15, -0.1) is 0 Å². The van der Waals surface area contributed by atoms with E-state index in [1.54, 1.807) is 18.2 Å². The molecule has 0 bridgehead atoms. The van der Waals surface area contributed by atoms with Gasteiger partial charge in [0, 0.05) is 5.56 Å². The average Bonchev–Trinajstić information content (AvgIpc) is 2.92. The first kappa shape index (κ1) is 14.1. The third-order valence-electron chi connectivity index (χ3n) is 3.05. The summed E-state index contributed by atoms with van der Waals surface area (Å²) in [5, 5.41) is 12.7. The normalized spacial score (nSPS) is 10.4. The number of nitrogens with two attached hydrogens (primary N) is 1. The summed E-state index contributed by atoms with van der Waals surface area (Å²) in [5.41, 5.74) is 7.46. The molecule has 6 heteroatoms. The lowest BCUT2D eigenvalue weighted by atomic mass is 10.1. The summed E-state index contributed by atoms with van der Waals surface area (Å²) in [6, 6.07) is 15.9. The van der Waals surface area contributed by atoms with Gasteiger partial charge in [-0.05, 0) is 12.1 Å². The second kappa shape index (κ2) is 5.87. The average molecular weight is 311 g/mol. The molecular formula is C16H13N3O2S. The monoisotopic (exact) mass is 311 g/mol. The van der Waals surface area contributed by atoms with Crippen molar-refractivity contribution in [1.29, 1.82) is 0 Å². The number of benzene rings is 2. The number of anilines is 2. The van der Waals surface area contributed by atoms with Gasteiger partial charge in [0.2, 0.25) is 0 Å². The number of amides is 1. The van der Waals surface area contributed by atoms with Crippen LogP contribution in [0.1, 0.15) is 9.67 Å². The number of rotatable bonds is 3. The Morgan fingerprint density at radius 3 is 2.50 bits per heavy atom. The van der Waals surface area contributed by atoms with Crippen LogP contribution >= 0.6 is 11.3 Å². The molecule has 0 aliphatic carbocycles. The maximum absolute atomic E-state index is 12.5. The molecule has 22 heavy (non-hydrogen) atoms. The highest BCUT2D eigenvalue weighted by atomic mass is 32.1. The molecule has 5 nitrogen and oxygen atoms in total. The maximum Gasteiger partial charge on any atom is 0.268 e. The number of phenolic OH excluding ortho intramolecular Hbond substituents is 1. The summed E-state index contributed by atoms with van der Waals surface area (Å²) < 4.78 is 0. The maximum atomic E-state index is 12.5. The van der Waals surface area contributed by atoms with E-state index in [4.69, 9.17) is 5.73 Å². The summed E-state index contributed by atoms with van der Waals surface area (Å²) in [5.74, 6) is -0.343. The molecule has 0 saturated carbocycles. The van der Waals surface area contributed by atoms with Gasteiger partial charge in [0.25, 0.3) is 5.91 Å². The Labute approximate surface area is 131 Å². The lowest BCUT2D eigenvalue weighted by Crippen LogP contribution is -2.11. The van der Waals surface area contributed by atoms with Crippen LogP contribution < -0.4 is 11.1 Å². The van der Waals surface area contributed by atoms with Crippen LogP contribution in [0.2, 0.25) is 0 Å². The summed E-state index contributed by atoms with van der Waals surface area (Å²) in [7, 11) is 0. The molecule has 0 atom stereocenters. The molecular weight excluding hydrogens is 298 g/mol. The van der Waals surface area contributed by atoms with Crippen LogP contribution in [0.15, 0.2) is 54.6 Å². The van der Waals surface area contributed by atoms with Crippen LogP contribution in [0.3, 0.4) is 0 Å². The van der Waals surface area contributed by atoms with Crippen molar-refractivity contribution in [1.82, 2.24) is 4.98 Å². The molecule has 110 valence electrons. The van der Waals surface area contributed by atoms with E-state index in [1.165, 1.54) is 6.07 Å². The Balaban J connectivity index is 1.95. The number of hydrogen-bond donors (Lipinski definition) is 3. The van der Waals surface area contributed by atoms with Crippen LogP contribution in [-0.2, 0) is 0 Å². The van der Waals surface area contributed by atoms with E-state index >= 15 is 0 Å². The van der Waals surface area contributed by atoms with E-state index in [2.05, 4.69) is 10.3 Å².